The molecule has 1 atom stereocenters. The second kappa shape index (κ2) is 11.2. The lowest BCUT2D eigenvalue weighted by Crippen LogP contribution is -2.53. The molecule has 1 aliphatic rings. The Morgan fingerprint density at radius 3 is 1.91 bits per heavy atom. The number of nitrogens with one attached hydrogen (secondary N) is 2. The number of rotatable bonds is 7. The lowest BCUT2D eigenvalue weighted by Gasteiger charge is -2.36. The van der Waals surface area contributed by atoms with Crippen molar-refractivity contribution in [1.29, 1.82) is 0 Å². The number of carbonyl (C=O) groups is 3. The fraction of sp³-hybridized carbons (Fsp3) is 0.222. The topological polar surface area (TPSA) is 81.8 Å². The summed E-state index contributed by atoms with van der Waals surface area (Å²) in [6, 6.07) is 26.7. The van der Waals surface area contributed by atoms with Crippen molar-refractivity contribution in [2.75, 3.05) is 38.0 Å². The van der Waals surface area contributed by atoms with E-state index in [0.29, 0.717) is 31.7 Å². The number of piperazine rings is 1. The summed E-state index contributed by atoms with van der Waals surface area (Å²) in [6.45, 7) is 2.41. The van der Waals surface area contributed by atoms with E-state index in [1.165, 1.54) is 0 Å². The van der Waals surface area contributed by atoms with E-state index >= 15 is 0 Å². The first-order valence-electron chi connectivity index (χ1n) is 11.4. The monoisotopic (exact) mass is 456 g/mol. The number of anilines is 1. The van der Waals surface area contributed by atoms with Crippen molar-refractivity contribution in [2.45, 2.75) is 6.04 Å². The Labute approximate surface area is 199 Å². The summed E-state index contributed by atoms with van der Waals surface area (Å²) in [6.07, 6.45) is 0. The highest BCUT2D eigenvalue weighted by molar-refractivity contribution is 5.98. The van der Waals surface area contributed by atoms with Gasteiger partial charge in [-0.3, -0.25) is 19.3 Å². The molecule has 0 saturated carbocycles. The summed E-state index contributed by atoms with van der Waals surface area (Å²) < 4.78 is 0. The molecule has 3 amide bonds. The van der Waals surface area contributed by atoms with E-state index in [1.807, 2.05) is 71.6 Å². The molecule has 7 heteroatoms. The summed E-state index contributed by atoms with van der Waals surface area (Å²) in [7, 11) is 0. The molecule has 0 spiro atoms. The molecule has 1 fully saturated rings. The Hall–Kier alpha value is -3.97. The van der Waals surface area contributed by atoms with Gasteiger partial charge in [0.2, 0.25) is 11.8 Å². The molecule has 7 nitrogen and oxygen atoms in total. The van der Waals surface area contributed by atoms with E-state index in [2.05, 4.69) is 10.6 Å². The zero-order valence-corrected chi connectivity index (χ0v) is 18.9. The lowest BCUT2D eigenvalue weighted by atomic mass is 10.0. The van der Waals surface area contributed by atoms with E-state index < -0.39 is 6.04 Å². The minimum atomic E-state index is -0.776. The molecule has 34 heavy (non-hydrogen) atoms. The summed E-state index contributed by atoms with van der Waals surface area (Å²) in [5, 5.41) is 5.80. The first kappa shape index (κ1) is 23.2. The van der Waals surface area contributed by atoms with Gasteiger partial charge in [-0.1, -0.05) is 66.7 Å². The number of hydrogen-bond acceptors (Lipinski definition) is 4. The zero-order chi connectivity index (χ0) is 23.8. The quantitative estimate of drug-likeness (QED) is 0.573. The van der Waals surface area contributed by atoms with Gasteiger partial charge in [0.25, 0.3) is 5.91 Å². The van der Waals surface area contributed by atoms with Crippen molar-refractivity contribution in [1.82, 2.24) is 15.1 Å². The van der Waals surface area contributed by atoms with Crippen LogP contribution in [-0.2, 0) is 9.59 Å². The van der Waals surface area contributed by atoms with E-state index in [0.717, 1.165) is 11.3 Å². The van der Waals surface area contributed by atoms with Crippen LogP contribution in [0, 0.1) is 0 Å². The van der Waals surface area contributed by atoms with Crippen LogP contribution < -0.4 is 10.6 Å². The highest BCUT2D eigenvalue weighted by atomic mass is 16.2. The minimum absolute atomic E-state index is 0.0803. The summed E-state index contributed by atoms with van der Waals surface area (Å²) in [4.78, 5) is 42.4. The Kier molecular flexibility index (Phi) is 7.67. The van der Waals surface area contributed by atoms with Crippen LogP contribution in [0.1, 0.15) is 22.0 Å². The third-order valence-electron chi connectivity index (χ3n) is 5.80. The van der Waals surface area contributed by atoms with Crippen molar-refractivity contribution in [3.05, 3.63) is 102 Å². The van der Waals surface area contributed by atoms with Gasteiger partial charge in [-0.25, -0.2) is 0 Å². The molecule has 1 saturated heterocycles. The largest absolute Gasteiger partial charge is 0.338 e. The van der Waals surface area contributed by atoms with Crippen LogP contribution in [0.3, 0.4) is 0 Å². The Morgan fingerprint density at radius 1 is 0.735 bits per heavy atom. The fourth-order valence-electron chi connectivity index (χ4n) is 3.97. The number of amides is 3. The predicted octanol–water partition coefficient (Wildman–Crippen LogP) is 2.94. The van der Waals surface area contributed by atoms with Crippen molar-refractivity contribution in [3.63, 3.8) is 0 Å². The highest BCUT2D eigenvalue weighted by Gasteiger charge is 2.30. The molecule has 0 aliphatic carbocycles. The number of para-hydroxylation sites is 1. The van der Waals surface area contributed by atoms with Crippen molar-refractivity contribution < 1.29 is 14.4 Å². The second-order valence-corrected chi connectivity index (χ2v) is 8.20. The normalized spacial score (nSPS) is 14.8. The van der Waals surface area contributed by atoms with Gasteiger partial charge in [0.1, 0.15) is 6.04 Å². The minimum Gasteiger partial charge on any atom is -0.338 e. The molecular formula is C27H28N4O3. The number of carbonyl (C=O) groups excluding carboxylic acids is 3. The summed E-state index contributed by atoms with van der Waals surface area (Å²) in [5.74, 6) is -0.522. The van der Waals surface area contributed by atoms with Crippen LogP contribution in [-0.4, -0.2) is 60.2 Å². The average Bonchev–Trinajstić information content (AvgIpc) is 2.89. The maximum atomic E-state index is 13.4. The molecule has 1 unspecified atom stereocenters. The molecular weight excluding hydrogens is 428 g/mol. The third-order valence-corrected chi connectivity index (χ3v) is 5.80. The number of benzene rings is 3. The predicted molar refractivity (Wildman–Crippen MR) is 131 cm³/mol. The molecule has 0 aromatic heterocycles. The van der Waals surface area contributed by atoms with Crippen LogP contribution in [0.15, 0.2) is 91.0 Å². The van der Waals surface area contributed by atoms with Gasteiger partial charge in [-0.05, 0) is 29.8 Å². The zero-order valence-electron chi connectivity index (χ0n) is 18.9. The van der Waals surface area contributed by atoms with Crippen molar-refractivity contribution in [2.24, 2.45) is 0 Å². The number of hydrogen-bond donors (Lipinski definition) is 2. The van der Waals surface area contributed by atoms with Gasteiger partial charge < -0.3 is 15.5 Å². The van der Waals surface area contributed by atoms with Crippen LogP contribution in [0.2, 0.25) is 0 Å². The molecule has 0 radical (unpaired) electrons. The molecule has 4 rings (SSSR count). The second-order valence-electron chi connectivity index (χ2n) is 8.20. The maximum absolute atomic E-state index is 13.4. The Morgan fingerprint density at radius 2 is 1.29 bits per heavy atom. The summed E-state index contributed by atoms with van der Waals surface area (Å²) >= 11 is 0. The smallest absolute Gasteiger partial charge is 0.252 e. The Bertz CT molecular complexity index is 1100. The molecule has 0 bridgehead atoms. The number of nitrogens with zero attached hydrogens (tertiary/aromatic N) is 2. The van der Waals surface area contributed by atoms with Gasteiger partial charge in [0, 0.05) is 37.4 Å². The van der Waals surface area contributed by atoms with E-state index in [4.69, 9.17) is 0 Å². The molecule has 3 aromatic carbocycles. The SMILES string of the molecule is O=C(CN1CCN(C(=O)C(NC(=O)c2ccccc2)c2ccccc2)CC1)Nc1ccccc1. The first-order valence-corrected chi connectivity index (χ1v) is 11.4. The van der Waals surface area contributed by atoms with Crippen LogP contribution >= 0.6 is 0 Å². The van der Waals surface area contributed by atoms with Gasteiger partial charge in [-0.2, -0.15) is 0 Å². The van der Waals surface area contributed by atoms with Crippen LogP contribution in [0.4, 0.5) is 5.69 Å². The van der Waals surface area contributed by atoms with Gasteiger partial charge in [0.15, 0.2) is 0 Å². The van der Waals surface area contributed by atoms with Crippen molar-refractivity contribution >= 4 is 23.4 Å². The fourth-order valence-corrected chi connectivity index (χ4v) is 3.97. The molecule has 174 valence electrons. The molecule has 2 N–H and O–H groups in total. The molecule has 1 heterocycles. The lowest BCUT2D eigenvalue weighted by molar-refractivity contribution is -0.135. The summed E-state index contributed by atoms with van der Waals surface area (Å²) in [5.41, 5.74) is 2.01. The van der Waals surface area contributed by atoms with Crippen LogP contribution in [0.5, 0.6) is 0 Å². The van der Waals surface area contributed by atoms with E-state index in [-0.39, 0.29) is 24.3 Å². The van der Waals surface area contributed by atoms with Gasteiger partial charge >= 0.3 is 0 Å². The molecule has 3 aromatic rings. The van der Waals surface area contributed by atoms with E-state index in [9.17, 15) is 14.4 Å². The van der Waals surface area contributed by atoms with Gasteiger partial charge in [0.05, 0.1) is 6.54 Å². The first-order chi connectivity index (χ1) is 16.6. The standard InChI is InChI=1S/C27H28N4O3/c32-24(28-23-14-8-3-9-15-23)20-30-16-18-31(19-17-30)27(34)25(21-10-4-1-5-11-21)29-26(33)22-12-6-2-7-13-22/h1-15,25H,16-20H2,(H,28,32)(H,29,33). The van der Waals surface area contributed by atoms with Crippen molar-refractivity contribution in [3.8, 4) is 0 Å². The highest BCUT2D eigenvalue weighted by Crippen LogP contribution is 2.18. The van der Waals surface area contributed by atoms with Crippen LogP contribution in [0.25, 0.3) is 0 Å². The molecule has 1 aliphatic heterocycles. The third kappa shape index (κ3) is 6.08. The maximum Gasteiger partial charge on any atom is 0.252 e. The average molecular weight is 457 g/mol. The van der Waals surface area contributed by atoms with E-state index in [1.54, 1.807) is 29.2 Å². The Balaban J connectivity index is 1.36. The van der Waals surface area contributed by atoms with Gasteiger partial charge in [-0.15, -0.1) is 0 Å².